The standard InChI is InChI=1S/C17H17F3N6/c1-10(2)11-9-22-14(8-12(11)17(18,19)20)23-16-24-15(26(3)25-16)13-6-4-5-7-21-13/h4-10H,1-3H3,(H,22,23,25). The summed E-state index contributed by atoms with van der Waals surface area (Å²) in [5, 5.41) is 6.90. The number of pyridine rings is 2. The molecule has 1 N–H and O–H groups in total. The molecule has 0 bridgehead atoms. The van der Waals surface area contributed by atoms with Gasteiger partial charge in [-0.1, -0.05) is 19.9 Å². The molecule has 3 aromatic heterocycles. The summed E-state index contributed by atoms with van der Waals surface area (Å²) >= 11 is 0. The fourth-order valence-electron chi connectivity index (χ4n) is 2.51. The molecule has 136 valence electrons. The molecular formula is C17H17F3N6. The first kappa shape index (κ1) is 17.8. The van der Waals surface area contributed by atoms with E-state index in [-0.39, 0.29) is 23.2 Å². The van der Waals surface area contributed by atoms with Gasteiger partial charge in [-0.2, -0.15) is 18.2 Å². The van der Waals surface area contributed by atoms with Crippen LogP contribution in [0.4, 0.5) is 24.9 Å². The number of hydrogen-bond donors (Lipinski definition) is 1. The fraction of sp³-hybridized carbons (Fsp3) is 0.294. The molecule has 9 heteroatoms. The summed E-state index contributed by atoms with van der Waals surface area (Å²) in [6, 6.07) is 6.33. The zero-order valence-electron chi connectivity index (χ0n) is 14.4. The summed E-state index contributed by atoms with van der Waals surface area (Å²) in [4.78, 5) is 12.5. The highest BCUT2D eigenvalue weighted by Gasteiger charge is 2.34. The first-order chi connectivity index (χ1) is 12.3. The molecule has 0 fully saturated rings. The van der Waals surface area contributed by atoms with E-state index in [4.69, 9.17) is 0 Å². The van der Waals surface area contributed by atoms with Crippen LogP contribution in [0.5, 0.6) is 0 Å². The smallest absolute Gasteiger partial charge is 0.307 e. The Labute approximate surface area is 148 Å². The SMILES string of the molecule is CC(C)c1cnc(Nc2nc(-c3ccccn3)n(C)n2)cc1C(F)(F)F. The van der Waals surface area contributed by atoms with Crippen LogP contribution >= 0.6 is 0 Å². The van der Waals surface area contributed by atoms with Crippen LogP contribution in [0.25, 0.3) is 11.5 Å². The number of alkyl halides is 3. The Morgan fingerprint density at radius 2 is 1.92 bits per heavy atom. The quantitative estimate of drug-likeness (QED) is 0.755. The molecule has 0 radical (unpaired) electrons. The molecule has 3 aromatic rings. The summed E-state index contributed by atoms with van der Waals surface area (Å²) in [7, 11) is 1.68. The number of halogens is 3. The fourth-order valence-corrected chi connectivity index (χ4v) is 2.51. The minimum Gasteiger partial charge on any atom is -0.307 e. The highest BCUT2D eigenvalue weighted by atomic mass is 19.4. The number of hydrogen-bond acceptors (Lipinski definition) is 5. The lowest BCUT2D eigenvalue weighted by Gasteiger charge is -2.16. The summed E-state index contributed by atoms with van der Waals surface area (Å²) in [5.41, 5.74) is 0.0340. The third kappa shape index (κ3) is 3.66. The summed E-state index contributed by atoms with van der Waals surface area (Å²) in [5.74, 6) is 0.367. The van der Waals surface area contributed by atoms with Gasteiger partial charge in [0, 0.05) is 19.4 Å². The lowest BCUT2D eigenvalue weighted by molar-refractivity contribution is -0.138. The van der Waals surface area contributed by atoms with Gasteiger partial charge in [-0.25, -0.2) is 9.67 Å². The molecule has 0 unspecified atom stereocenters. The van der Waals surface area contributed by atoms with E-state index in [2.05, 4.69) is 25.4 Å². The molecule has 0 aliphatic rings. The Morgan fingerprint density at radius 3 is 2.54 bits per heavy atom. The van der Waals surface area contributed by atoms with Crippen LogP contribution in [0.15, 0.2) is 36.7 Å². The van der Waals surface area contributed by atoms with Gasteiger partial charge in [0.15, 0.2) is 5.82 Å². The van der Waals surface area contributed by atoms with Crippen LogP contribution in [-0.4, -0.2) is 24.7 Å². The second kappa shape index (κ2) is 6.74. The zero-order chi connectivity index (χ0) is 18.9. The van der Waals surface area contributed by atoms with Gasteiger partial charge < -0.3 is 5.32 Å². The summed E-state index contributed by atoms with van der Waals surface area (Å²) in [6.45, 7) is 3.39. The van der Waals surface area contributed by atoms with E-state index in [1.807, 2.05) is 6.07 Å². The molecule has 0 saturated carbocycles. The van der Waals surface area contributed by atoms with Crippen LogP contribution in [0.1, 0.15) is 30.9 Å². The predicted octanol–water partition coefficient (Wildman–Crippen LogP) is 4.16. The number of aromatic nitrogens is 5. The second-order valence-electron chi connectivity index (χ2n) is 6.03. The monoisotopic (exact) mass is 362 g/mol. The molecule has 3 heterocycles. The van der Waals surface area contributed by atoms with Crippen molar-refractivity contribution in [3.05, 3.63) is 47.8 Å². The normalized spacial score (nSPS) is 11.8. The van der Waals surface area contributed by atoms with E-state index in [0.29, 0.717) is 11.5 Å². The van der Waals surface area contributed by atoms with E-state index < -0.39 is 11.7 Å². The van der Waals surface area contributed by atoms with Crippen LogP contribution in [-0.2, 0) is 13.2 Å². The molecule has 6 nitrogen and oxygen atoms in total. The van der Waals surface area contributed by atoms with Crippen LogP contribution in [0.2, 0.25) is 0 Å². The van der Waals surface area contributed by atoms with E-state index in [1.165, 1.54) is 10.9 Å². The van der Waals surface area contributed by atoms with Gasteiger partial charge in [-0.3, -0.25) is 4.98 Å². The second-order valence-corrected chi connectivity index (χ2v) is 6.03. The van der Waals surface area contributed by atoms with Crippen molar-refractivity contribution in [2.75, 3.05) is 5.32 Å². The van der Waals surface area contributed by atoms with Crippen molar-refractivity contribution in [2.45, 2.75) is 25.9 Å². The molecular weight excluding hydrogens is 345 g/mol. The molecule has 0 amide bonds. The first-order valence-corrected chi connectivity index (χ1v) is 7.92. The molecule has 3 rings (SSSR count). The largest absolute Gasteiger partial charge is 0.416 e. The van der Waals surface area contributed by atoms with E-state index in [0.717, 1.165) is 6.07 Å². The van der Waals surface area contributed by atoms with Crippen LogP contribution in [0, 0.1) is 0 Å². The molecule has 26 heavy (non-hydrogen) atoms. The van der Waals surface area contributed by atoms with Gasteiger partial charge in [0.25, 0.3) is 0 Å². The Hall–Kier alpha value is -2.97. The maximum absolute atomic E-state index is 13.3. The van der Waals surface area contributed by atoms with Crippen molar-refractivity contribution < 1.29 is 13.2 Å². The Balaban J connectivity index is 1.93. The Bertz CT molecular complexity index is 903. The topological polar surface area (TPSA) is 68.5 Å². The molecule has 0 atom stereocenters. The number of anilines is 2. The number of nitrogens with one attached hydrogen (secondary N) is 1. The lowest BCUT2D eigenvalue weighted by atomic mass is 9.99. The average molecular weight is 362 g/mol. The van der Waals surface area contributed by atoms with Crippen molar-refractivity contribution in [1.29, 1.82) is 0 Å². The first-order valence-electron chi connectivity index (χ1n) is 7.92. The molecule has 0 spiro atoms. The zero-order valence-corrected chi connectivity index (χ0v) is 14.4. The predicted molar refractivity (Wildman–Crippen MR) is 90.8 cm³/mol. The van der Waals surface area contributed by atoms with Crippen LogP contribution < -0.4 is 5.32 Å². The summed E-state index contributed by atoms with van der Waals surface area (Å²) in [6.07, 6.45) is -1.60. The van der Waals surface area contributed by atoms with Crippen LogP contribution in [0.3, 0.4) is 0 Å². The maximum Gasteiger partial charge on any atom is 0.416 e. The number of rotatable bonds is 4. The van der Waals surface area contributed by atoms with Crippen molar-refractivity contribution in [1.82, 2.24) is 24.7 Å². The third-order valence-electron chi connectivity index (χ3n) is 3.76. The minimum atomic E-state index is -4.46. The van der Waals surface area contributed by atoms with Crippen molar-refractivity contribution in [3.63, 3.8) is 0 Å². The third-order valence-corrected chi connectivity index (χ3v) is 3.76. The Morgan fingerprint density at radius 1 is 1.15 bits per heavy atom. The molecule has 0 saturated heterocycles. The number of nitrogens with zero attached hydrogens (tertiary/aromatic N) is 5. The number of aryl methyl sites for hydroxylation is 1. The minimum absolute atomic E-state index is 0.0277. The molecule has 0 aliphatic carbocycles. The average Bonchev–Trinajstić information content (AvgIpc) is 2.95. The van der Waals surface area contributed by atoms with Gasteiger partial charge in [-0.05, 0) is 29.7 Å². The van der Waals surface area contributed by atoms with Gasteiger partial charge in [0.1, 0.15) is 11.5 Å². The maximum atomic E-state index is 13.3. The van der Waals surface area contributed by atoms with Gasteiger partial charge in [0.05, 0.1) is 5.56 Å². The van der Waals surface area contributed by atoms with Crippen molar-refractivity contribution in [2.24, 2.45) is 7.05 Å². The summed E-state index contributed by atoms with van der Waals surface area (Å²) < 4.78 is 41.5. The van der Waals surface area contributed by atoms with Gasteiger partial charge >= 0.3 is 6.18 Å². The highest BCUT2D eigenvalue weighted by molar-refractivity contribution is 5.56. The molecule has 0 aliphatic heterocycles. The highest BCUT2D eigenvalue weighted by Crippen LogP contribution is 2.36. The lowest BCUT2D eigenvalue weighted by Crippen LogP contribution is -2.12. The Kier molecular flexibility index (Phi) is 4.62. The molecule has 0 aromatic carbocycles. The van der Waals surface area contributed by atoms with Crippen molar-refractivity contribution >= 4 is 11.8 Å². The van der Waals surface area contributed by atoms with E-state index >= 15 is 0 Å². The van der Waals surface area contributed by atoms with Gasteiger partial charge in [-0.15, -0.1) is 5.10 Å². The van der Waals surface area contributed by atoms with Gasteiger partial charge in [0.2, 0.25) is 5.95 Å². The van der Waals surface area contributed by atoms with E-state index in [9.17, 15) is 13.2 Å². The van der Waals surface area contributed by atoms with E-state index in [1.54, 1.807) is 39.2 Å². The van der Waals surface area contributed by atoms with Crippen molar-refractivity contribution in [3.8, 4) is 11.5 Å².